The molecule has 1 saturated heterocycles. The molecule has 1 aliphatic heterocycles. The lowest BCUT2D eigenvalue weighted by atomic mass is 10.2. The molecule has 0 radical (unpaired) electrons. The van der Waals surface area contributed by atoms with Gasteiger partial charge in [-0.15, -0.1) is 10.2 Å². The highest BCUT2D eigenvalue weighted by Crippen LogP contribution is 2.18. The molecule has 0 spiro atoms. The van der Waals surface area contributed by atoms with Gasteiger partial charge in [-0.25, -0.2) is 4.98 Å². The first kappa shape index (κ1) is 17.7. The second-order valence-corrected chi connectivity index (χ2v) is 7.30. The van der Waals surface area contributed by atoms with Gasteiger partial charge in [0.1, 0.15) is 5.82 Å². The molecule has 7 nitrogen and oxygen atoms in total. The number of hydrogen-bond acceptors (Lipinski definition) is 5. The molecule has 0 atom stereocenters. The Labute approximate surface area is 165 Å². The highest BCUT2D eigenvalue weighted by atomic mass is 79.9. The van der Waals surface area contributed by atoms with Crippen LogP contribution in [-0.4, -0.2) is 56.7 Å². The highest BCUT2D eigenvalue weighted by Gasteiger charge is 2.23. The summed E-state index contributed by atoms with van der Waals surface area (Å²) in [5, 5.41) is 8.67. The molecular weight excluding hydrogens is 408 g/mol. The topological polar surface area (TPSA) is 67.2 Å². The van der Waals surface area contributed by atoms with E-state index in [0.717, 1.165) is 35.0 Å². The predicted octanol–water partition coefficient (Wildman–Crippen LogP) is 2.70. The Hall–Kier alpha value is -2.74. The molecule has 3 heterocycles. The van der Waals surface area contributed by atoms with Gasteiger partial charge in [-0.05, 0) is 37.3 Å². The van der Waals surface area contributed by atoms with E-state index in [2.05, 4.69) is 36.0 Å². The number of nitrogens with zero attached hydrogens (tertiary/aromatic N) is 6. The molecule has 3 aromatic rings. The summed E-state index contributed by atoms with van der Waals surface area (Å²) in [6.07, 6.45) is 3.61. The first-order chi connectivity index (χ1) is 13.1. The largest absolute Gasteiger partial charge is 0.352 e. The van der Waals surface area contributed by atoms with E-state index in [-0.39, 0.29) is 5.91 Å². The summed E-state index contributed by atoms with van der Waals surface area (Å²) in [5.74, 6) is 2.51. The second kappa shape index (κ2) is 7.48. The van der Waals surface area contributed by atoms with E-state index in [1.54, 1.807) is 6.20 Å². The van der Waals surface area contributed by atoms with Crippen LogP contribution >= 0.6 is 15.9 Å². The number of rotatable bonds is 3. The molecular formula is C19H19BrN6O. The van der Waals surface area contributed by atoms with Gasteiger partial charge in [0.25, 0.3) is 5.91 Å². The van der Waals surface area contributed by atoms with Crippen molar-refractivity contribution in [3.63, 3.8) is 0 Å². The van der Waals surface area contributed by atoms with Crippen LogP contribution in [0, 0.1) is 6.92 Å². The fraction of sp³-hybridized carbons (Fsp3) is 0.263. The molecule has 138 valence electrons. The van der Waals surface area contributed by atoms with Gasteiger partial charge >= 0.3 is 0 Å². The standard InChI is InChI=1S/C19H19BrN6O/c1-14-21-7-8-26(14)18-6-5-17(22-23-18)24-9-11-25(12-10-24)19(27)15-3-2-4-16(20)13-15/h2-8,13H,9-12H2,1H3. The summed E-state index contributed by atoms with van der Waals surface area (Å²) < 4.78 is 2.81. The third-order valence-electron chi connectivity index (χ3n) is 4.67. The third-order valence-corrected chi connectivity index (χ3v) is 5.16. The zero-order valence-corrected chi connectivity index (χ0v) is 16.5. The van der Waals surface area contributed by atoms with Crippen molar-refractivity contribution in [2.45, 2.75) is 6.92 Å². The Morgan fingerprint density at radius 1 is 1.04 bits per heavy atom. The molecule has 0 N–H and O–H groups in total. The number of aryl methyl sites for hydroxylation is 1. The van der Waals surface area contributed by atoms with Crippen LogP contribution in [0.15, 0.2) is 53.3 Å². The van der Waals surface area contributed by atoms with Crippen LogP contribution in [0.4, 0.5) is 5.82 Å². The van der Waals surface area contributed by atoms with Crippen molar-refractivity contribution in [3.8, 4) is 5.82 Å². The van der Waals surface area contributed by atoms with E-state index in [9.17, 15) is 4.79 Å². The Balaban J connectivity index is 1.40. The average Bonchev–Trinajstić information content (AvgIpc) is 3.14. The zero-order chi connectivity index (χ0) is 18.8. The van der Waals surface area contributed by atoms with Crippen LogP contribution in [0.2, 0.25) is 0 Å². The van der Waals surface area contributed by atoms with E-state index in [4.69, 9.17) is 0 Å². The zero-order valence-electron chi connectivity index (χ0n) is 14.9. The maximum absolute atomic E-state index is 12.7. The van der Waals surface area contributed by atoms with Crippen molar-refractivity contribution in [1.29, 1.82) is 0 Å². The normalized spacial score (nSPS) is 14.4. The molecule has 1 aromatic carbocycles. The SMILES string of the molecule is Cc1nccn1-c1ccc(N2CCN(C(=O)c3cccc(Br)c3)CC2)nn1. The van der Waals surface area contributed by atoms with Gasteiger partial charge in [0, 0.05) is 48.6 Å². The number of amides is 1. The summed E-state index contributed by atoms with van der Waals surface area (Å²) in [5.41, 5.74) is 0.706. The Morgan fingerprint density at radius 3 is 2.41 bits per heavy atom. The first-order valence-corrected chi connectivity index (χ1v) is 9.55. The minimum Gasteiger partial charge on any atom is -0.352 e. The maximum atomic E-state index is 12.7. The lowest BCUT2D eigenvalue weighted by Crippen LogP contribution is -2.49. The Bertz CT molecular complexity index is 947. The summed E-state index contributed by atoms with van der Waals surface area (Å²) >= 11 is 3.42. The van der Waals surface area contributed by atoms with Crippen LogP contribution in [0.25, 0.3) is 5.82 Å². The number of halogens is 1. The average molecular weight is 427 g/mol. The van der Waals surface area contributed by atoms with Crippen LogP contribution in [0.3, 0.4) is 0 Å². The van der Waals surface area contributed by atoms with Gasteiger partial charge < -0.3 is 9.80 Å². The fourth-order valence-corrected chi connectivity index (χ4v) is 3.58. The number of carbonyl (C=O) groups excluding carboxylic acids is 1. The molecule has 8 heteroatoms. The lowest BCUT2D eigenvalue weighted by molar-refractivity contribution is 0.0746. The predicted molar refractivity (Wildman–Crippen MR) is 106 cm³/mol. The van der Waals surface area contributed by atoms with Gasteiger partial charge in [0.05, 0.1) is 0 Å². The Kier molecular flexibility index (Phi) is 4.89. The smallest absolute Gasteiger partial charge is 0.254 e. The van der Waals surface area contributed by atoms with Gasteiger partial charge in [-0.2, -0.15) is 0 Å². The molecule has 1 aliphatic rings. The molecule has 0 unspecified atom stereocenters. The molecule has 1 amide bonds. The summed E-state index contributed by atoms with van der Waals surface area (Å²) in [6, 6.07) is 11.4. The number of aromatic nitrogens is 4. The van der Waals surface area contributed by atoms with Crippen molar-refractivity contribution < 1.29 is 4.79 Å². The second-order valence-electron chi connectivity index (χ2n) is 6.38. The van der Waals surface area contributed by atoms with Crippen molar-refractivity contribution >= 4 is 27.7 Å². The van der Waals surface area contributed by atoms with Gasteiger partial charge in [0.15, 0.2) is 11.6 Å². The quantitative estimate of drug-likeness (QED) is 0.643. The first-order valence-electron chi connectivity index (χ1n) is 8.76. The molecule has 4 rings (SSSR count). The van der Waals surface area contributed by atoms with Gasteiger partial charge in [-0.3, -0.25) is 9.36 Å². The van der Waals surface area contributed by atoms with E-state index in [1.165, 1.54) is 0 Å². The molecule has 1 fully saturated rings. The van der Waals surface area contributed by atoms with E-state index in [0.29, 0.717) is 18.7 Å². The van der Waals surface area contributed by atoms with E-state index < -0.39 is 0 Å². The minimum absolute atomic E-state index is 0.0629. The Morgan fingerprint density at radius 2 is 1.78 bits per heavy atom. The number of anilines is 1. The summed E-state index contributed by atoms with van der Waals surface area (Å²) in [6.45, 7) is 4.72. The van der Waals surface area contributed by atoms with Crippen molar-refractivity contribution in [2.75, 3.05) is 31.1 Å². The van der Waals surface area contributed by atoms with E-state index >= 15 is 0 Å². The van der Waals surface area contributed by atoms with E-state index in [1.807, 2.05) is 59.0 Å². The summed E-state index contributed by atoms with van der Waals surface area (Å²) in [4.78, 5) is 20.9. The van der Waals surface area contributed by atoms with Crippen LogP contribution in [0.1, 0.15) is 16.2 Å². The maximum Gasteiger partial charge on any atom is 0.254 e. The molecule has 2 aromatic heterocycles. The third kappa shape index (κ3) is 3.71. The van der Waals surface area contributed by atoms with Crippen LogP contribution in [0.5, 0.6) is 0 Å². The van der Waals surface area contributed by atoms with Crippen LogP contribution in [-0.2, 0) is 0 Å². The van der Waals surface area contributed by atoms with Gasteiger partial charge in [-0.1, -0.05) is 22.0 Å². The molecule has 0 aliphatic carbocycles. The fourth-order valence-electron chi connectivity index (χ4n) is 3.18. The number of hydrogen-bond donors (Lipinski definition) is 0. The minimum atomic E-state index is 0.0629. The van der Waals surface area contributed by atoms with Gasteiger partial charge in [0.2, 0.25) is 0 Å². The molecule has 0 bridgehead atoms. The van der Waals surface area contributed by atoms with Crippen molar-refractivity contribution in [2.24, 2.45) is 0 Å². The number of carbonyl (C=O) groups is 1. The number of piperazine rings is 1. The molecule has 27 heavy (non-hydrogen) atoms. The summed E-state index contributed by atoms with van der Waals surface area (Å²) in [7, 11) is 0. The highest BCUT2D eigenvalue weighted by molar-refractivity contribution is 9.10. The lowest BCUT2D eigenvalue weighted by Gasteiger charge is -2.35. The number of benzene rings is 1. The molecule has 0 saturated carbocycles. The number of imidazole rings is 1. The monoisotopic (exact) mass is 426 g/mol. The van der Waals surface area contributed by atoms with Crippen molar-refractivity contribution in [3.05, 3.63) is 64.7 Å². The van der Waals surface area contributed by atoms with Crippen LogP contribution < -0.4 is 4.90 Å². The van der Waals surface area contributed by atoms with Crippen molar-refractivity contribution in [1.82, 2.24) is 24.6 Å².